The summed E-state index contributed by atoms with van der Waals surface area (Å²) in [6, 6.07) is 11.1. The lowest BCUT2D eigenvalue weighted by atomic mass is 9.94. The van der Waals surface area contributed by atoms with Gasteiger partial charge >= 0.3 is 0 Å². The van der Waals surface area contributed by atoms with Gasteiger partial charge in [-0.1, -0.05) is 30.3 Å². The minimum absolute atomic E-state index is 0.200. The van der Waals surface area contributed by atoms with Crippen molar-refractivity contribution in [1.82, 2.24) is 10.2 Å². The van der Waals surface area contributed by atoms with Crippen molar-refractivity contribution in [3.05, 3.63) is 35.9 Å². The molecule has 4 heteroatoms. The molecule has 24 heavy (non-hydrogen) atoms. The molecule has 1 aromatic rings. The van der Waals surface area contributed by atoms with Gasteiger partial charge in [0.25, 0.3) is 0 Å². The summed E-state index contributed by atoms with van der Waals surface area (Å²) in [6.45, 7) is 3.31. The number of carbonyl (C=O) groups is 1. The molecule has 1 amide bonds. The fourth-order valence-corrected chi connectivity index (χ4v) is 4.90. The standard InChI is InChI=1S/C20H30N2OS/c23-20(7-6-17-4-2-1-3-5-17)21-16-18-8-12-22(13-9-18)19-10-14-24-15-11-19/h1-5,18-19H,6-16H2,(H,21,23). The summed E-state index contributed by atoms with van der Waals surface area (Å²) in [4.78, 5) is 14.7. The Labute approximate surface area is 150 Å². The van der Waals surface area contributed by atoms with E-state index in [-0.39, 0.29) is 5.91 Å². The van der Waals surface area contributed by atoms with E-state index in [4.69, 9.17) is 0 Å². The molecule has 3 rings (SSSR count). The minimum Gasteiger partial charge on any atom is -0.356 e. The van der Waals surface area contributed by atoms with Gasteiger partial charge in [-0.05, 0) is 68.2 Å². The average molecular weight is 347 g/mol. The van der Waals surface area contributed by atoms with Crippen molar-refractivity contribution < 1.29 is 4.79 Å². The Bertz CT molecular complexity index is 494. The first kappa shape index (κ1) is 17.8. The van der Waals surface area contributed by atoms with Gasteiger partial charge in [0.1, 0.15) is 0 Å². The predicted octanol–water partition coefficient (Wildman–Crippen LogP) is 3.34. The molecule has 0 unspecified atom stereocenters. The molecule has 0 aliphatic carbocycles. The number of piperidine rings is 1. The van der Waals surface area contributed by atoms with Crippen LogP contribution in [0.4, 0.5) is 0 Å². The smallest absolute Gasteiger partial charge is 0.220 e. The van der Waals surface area contributed by atoms with E-state index in [0.717, 1.165) is 19.0 Å². The fraction of sp³-hybridized carbons (Fsp3) is 0.650. The van der Waals surface area contributed by atoms with E-state index >= 15 is 0 Å². The summed E-state index contributed by atoms with van der Waals surface area (Å²) in [5.74, 6) is 3.54. The SMILES string of the molecule is O=C(CCc1ccccc1)NCC1CCN(C2CCSCC2)CC1. The van der Waals surface area contributed by atoms with Crippen molar-refractivity contribution in [1.29, 1.82) is 0 Å². The van der Waals surface area contributed by atoms with E-state index in [1.165, 1.54) is 55.8 Å². The van der Waals surface area contributed by atoms with Crippen LogP contribution in [0.5, 0.6) is 0 Å². The van der Waals surface area contributed by atoms with Gasteiger partial charge in [0.05, 0.1) is 0 Å². The molecule has 2 heterocycles. The highest BCUT2D eigenvalue weighted by Crippen LogP contribution is 2.26. The van der Waals surface area contributed by atoms with Crippen LogP contribution in [0, 0.1) is 5.92 Å². The third-order valence-corrected chi connectivity index (χ3v) is 6.48. The van der Waals surface area contributed by atoms with Crippen molar-refractivity contribution in [3.8, 4) is 0 Å². The second-order valence-corrected chi connectivity index (χ2v) is 8.34. The molecule has 0 aromatic heterocycles. The molecule has 2 fully saturated rings. The van der Waals surface area contributed by atoms with Gasteiger partial charge < -0.3 is 10.2 Å². The molecule has 0 saturated carbocycles. The maximum Gasteiger partial charge on any atom is 0.220 e. The van der Waals surface area contributed by atoms with Crippen molar-refractivity contribution in [2.45, 2.75) is 44.6 Å². The van der Waals surface area contributed by atoms with Gasteiger partial charge in [-0.3, -0.25) is 4.79 Å². The Hall–Kier alpha value is -1.00. The predicted molar refractivity (Wildman–Crippen MR) is 102 cm³/mol. The fourth-order valence-electron chi connectivity index (χ4n) is 3.82. The first-order valence-corrected chi connectivity index (χ1v) is 10.6. The zero-order valence-electron chi connectivity index (χ0n) is 14.6. The third-order valence-electron chi connectivity index (χ3n) is 5.43. The molecule has 2 aliphatic heterocycles. The quantitative estimate of drug-likeness (QED) is 0.857. The zero-order chi connectivity index (χ0) is 16.6. The normalized spacial score (nSPS) is 20.8. The molecule has 3 nitrogen and oxygen atoms in total. The Balaban J connectivity index is 1.30. The number of carbonyl (C=O) groups excluding carboxylic acids is 1. The summed E-state index contributed by atoms with van der Waals surface area (Å²) in [6.07, 6.45) is 6.65. The second kappa shape index (κ2) is 9.47. The average Bonchev–Trinajstić information content (AvgIpc) is 2.67. The summed E-state index contributed by atoms with van der Waals surface area (Å²) in [7, 11) is 0. The lowest BCUT2D eigenvalue weighted by Gasteiger charge is -2.39. The molecule has 1 N–H and O–H groups in total. The van der Waals surface area contributed by atoms with Crippen LogP contribution < -0.4 is 5.32 Å². The molecule has 0 bridgehead atoms. The maximum atomic E-state index is 12.0. The van der Waals surface area contributed by atoms with E-state index in [0.29, 0.717) is 12.3 Å². The Morgan fingerprint density at radius 1 is 1.08 bits per heavy atom. The number of thioether (sulfide) groups is 1. The van der Waals surface area contributed by atoms with Crippen LogP contribution in [0.15, 0.2) is 30.3 Å². The van der Waals surface area contributed by atoms with Gasteiger partial charge in [-0.2, -0.15) is 11.8 Å². The molecule has 0 atom stereocenters. The van der Waals surface area contributed by atoms with E-state index in [1.54, 1.807) is 0 Å². The van der Waals surface area contributed by atoms with Crippen LogP contribution in [0.2, 0.25) is 0 Å². The Morgan fingerprint density at radius 2 is 1.79 bits per heavy atom. The van der Waals surface area contributed by atoms with Gasteiger partial charge in [0.15, 0.2) is 0 Å². The number of likely N-dealkylation sites (tertiary alicyclic amines) is 1. The highest BCUT2D eigenvalue weighted by molar-refractivity contribution is 7.99. The van der Waals surface area contributed by atoms with Crippen molar-refractivity contribution in [3.63, 3.8) is 0 Å². The maximum absolute atomic E-state index is 12.0. The van der Waals surface area contributed by atoms with Crippen LogP contribution in [0.1, 0.15) is 37.7 Å². The van der Waals surface area contributed by atoms with Crippen LogP contribution in [0.25, 0.3) is 0 Å². The number of nitrogens with one attached hydrogen (secondary N) is 1. The minimum atomic E-state index is 0.200. The number of amides is 1. The zero-order valence-corrected chi connectivity index (χ0v) is 15.4. The molecule has 2 aliphatic rings. The third kappa shape index (κ3) is 5.52. The largest absolute Gasteiger partial charge is 0.356 e. The second-order valence-electron chi connectivity index (χ2n) is 7.11. The highest BCUT2D eigenvalue weighted by atomic mass is 32.2. The summed E-state index contributed by atoms with van der Waals surface area (Å²) < 4.78 is 0. The number of hydrogen-bond donors (Lipinski definition) is 1. The number of aryl methyl sites for hydroxylation is 1. The molecular weight excluding hydrogens is 316 g/mol. The Morgan fingerprint density at radius 3 is 2.50 bits per heavy atom. The van der Waals surface area contributed by atoms with E-state index in [2.05, 4.69) is 34.1 Å². The molecule has 132 valence electrons. The summed E-state index contributed by atoms with van der Waals surface area (Å²) >= 11 is 2.10. The van der Waals surface area contributed by atoms with Gasteiger partial charge in [-0.15, -0.1) is 0 Å². The van der Waals surface area contributed by atoms with E-state index in [9.17, 15) is 4.79 Å². The van der Waals surface area contributed by atoms with Gasteiger partial charge in [0.2, 0.25) is 5.91 Å². The molecule has 0 spiro atoms. The van der Waals surface area contributed by atoms with Crippen LogP contribution in [0.3, 0.4) is 0 Å². The van der Waals surface area contributed by atoms with Gasteiger partial charge in [0, 0.05) is 19.0 Å². The van der Waals surface area contributed by atoms with Crippen molar-refractivity contribution in [2.24, 2.45) is 5.92 Å². The number of hydrogen-bond acceptors (Lipinski definition) is 3. The number of rotatable bonds is 6. The molecule has 0 radical (unpaired) electrons. The molecule has 1 aromatic carbocycles. The lowest BCUT2D eigenvalue weighted by Crippen LogP contribution is -2.45. The van der Waals surface area contributed by atoms with Gasteiger partial charge in [-0.25, -0.2) is 0 Å². The highest BCUT2D eigenvalue weighted by Gasteiger charge is 2.26. The van der Waals surface area contributed by atoms with E-state index in [1.807, 2.05) is 18.2 Å². The topological polar surface area (TPSA) is 32.3 Å². The van der Waals surface area contributed by atoms with Crippen LogP contribution in [-0.4, -0.2) is 48.0 Å². The summed E-state index contributed by atoms with van der Waals surface area (Å²) in [5, 5.41) is 3.16. The summed E-state index contributed by atoms with van der Waals surface area (Å²) in [5.41, 5.74) is 1.24. The van der Waals surface area contributed by atoms with E-state index < -0.39 is 0 Å². The number of benzene rings is 1. The van der Waals surface area contributed by atoms with Crippen LogP contribution in [-0.2, 0) is 11.2 Å². The Kier molecular flexibility index (Phi) is 7.03. The first-order chi connectivity index (χ1) is 11.8. The molecular formula is C20H30N2OS. The van der Waals surface area contributed by atoms with Crippen molar-refractivity contribution >= 4 is 17.7 Å². The number of nitrogens with zero attached hydrogens (tertiary/aromatic N) is 1. The monoisotopic (exact) mass is 346 g/mol. The van der Waals surface area contributed by atoms with Crippen LogP contribution >= 0.6 is 11.8 Å². The van der Waals surface area contributed by atoms with Crippen molar-refractivity contribution in [2.75, 3.05) is 31.1 Å². The first-order valence-electron chi connectivity index (χ1n) is 9.43. The molecule has 2 saturated heterocycles. The lowest BCUT2D eigenvalue weighted by molar-refractivity contribution is -0.121.